The number of aldehydes is 1. The van der Waals surface area contributed by atoms with Crippen LogP contribution in [0.3, 0.4) is 0 Å². The van der Waals surface area contributed by atoms with Gasteiger partial charge in [0.25, 0.3) is 5.91 Å². The second-order valence-corrected chi connectivity index (χ2v) is 18.9. The third-order valence-corrected chi connectivity index (χ3v) is 15.8. The third kappa shape index (κ3) is 6.55. The number of nitrogens with one attached hydrogen (secondary N) is 4. The average molecular weight is 849 g/mol. The van der Waals surface area contributed by atoms with Crippen molar-refractivity contribution >= 4 is 24.4 Å². The number of carbonyl (C=O) groups excluding carboxylic acids is 3. The highest BCUT2D eigenvalue weighted by molar-refractivity contribution is 5.88. The highest BCUT2D eigenvalue weighted by Gasteiger charge is 2.61. The molecule has 3 aromatic carbocycles. The highest BCUT2D eigenvalue weighted by Crippen LogP contribution is 2.60. The van der Waals surface area contributed by atoms with Crippen LogP contribution in [0.5, 0.6) is 0 Å². The number of ether oxygens (including phenoxy) is 1. The Labute approximate surface area is 365 Å². The van der Waals surface area contributed by atoms with Gasteiger partial charge >= 0.3 is 12.2 Å². The molecule has 7 aliphatic rings. The maximum absolute atomic E-state index is 14.3. The van der Waals surface area contributed by atoms with Crippen molar-refractivity contribution < 1.29 is 29.0 Å². The van der Waals surface area contributed by atoms with Crippen LogP contribution in [0.25, 0.3) is 11.3 Å². The molecule has 12 rings (SSSR count). The molecular weight excluding hydrogens is 797 g/mol. The summed E-state index contributed by atoms with van der Waals surface area (Å²) < 4.78 is 4.91. The zero-order valence-corrected chi connectivity index (χ0v) is 35.2. The van der Waals surface area contributed by atoms with Crippen LogP contribution in [0.15, 0.2) is 97.3 Å². The van der Waals surface area contributed by atoms with E-state index in [9.17, 15) is 24.3 Å². The van der Waals surface area contributed by atoms with Gasteiger partial charge in [-0.05, 0) is 104 Å². The standard InChI is InChI=1S/C49H52N8O6/c1-63-46(62)54-41(30-8-4-2-5-9-30)44(59)56-36-22-31(36)24-38(56)42-51-27-40(53-42)48-19-16-47(17-20-48,18-21-48)33-14-12-29(13-15-33)35-26-50-43(52-35)39-25-32-23-37(32)57(39)49(28-58,55-45(60)61)34-10-6-3-7-11-34/h2-15,26-28,31-32,36-39,41,55H,16-25H2,1H3,(H,50,52)(H,51,53)(H,54,62)(H,60,61)/t31-,32-,36-,37-,38+,39+,41-,47?,48?,49?/m1/s1. The monoisotopic (exact) mass is 848 g/mol. The number of aromatic nitrogens is 4. The summed E-state index contributed by atoms with van der Waals surface area (Å²) in [6.45, 7) is 0. The molecular formula is C49H52N8O6. The molecule has 7 fully saturated rings. The Hall–Kier alpha value is -6.28. The third-order valence-electron chi connectivity index (χ3n) is 15.8. The first-order valence-electron chi connectivity index (χ1n) is 22.4. The number of methoxy groups -OCH3 is 1. The SMILES string of the molecule is COC(=O)N[C@@H](C(=O)N1[C@@H]2C[C@@H]2C[C@H]1c1ncc(C23CCC(c4ccc(-c5cnc([C@@H]6C[C@H]7C[C@H]7N6C(C=O)(NC(=O)O)c6ccccc6)[nH]5)cc4)(CC2)CC3)[nH]1)c1ccccc1. The lowest BCUT2D eigenvalue weighted by atomic mass is 9.51. The highest BCUT2D eigenvalue weighted by atomic mass is 16.5. The van der Waals surface area contributed by atoms with E-state index in [0.29, 0.717) is 17.4 Å². The van der Waals surface area contributed by atoms with Gasteiger partial charge in [-0.1, -0.05) is 84.9 Å². The number of hydrogen-bond donors (Lipinski definition) is 5. The molecule has 8 atom stereocenters. The van der Waals surface area contributed by atoms with Crippen molar-refractivity contribution in [2.75, 3.05) is 7.11 Å². The van der Waals surface area contributed by atoms with E-state index in [1.165, 1.54) is 18.4 Å². The smallest absolute Gasteiger partial charge is 0.407 e. The molecule has 1 unspecified atom stereocenters. The Morgan fingerprint density at radius 3 is 2.10 bits per heavy atom. The van der Waals surface area contributed by atoms with Gasteiger partial charge in [-0.15, -0.1) is 0 Å². The molecule has 4 heterocycles. The van der Waals surface area contributed by atoms with E-state index in [-0.39, 0.29) is 40.9 Å². The number of carboxylic acid groups (broad SMARTS) is 1. The first-order chi connectivity index (χ1) is 30.6. The number of nitrogens with zero attached hydrogens (tertiary/aromatic N) is 4. The van der Waals surface area contributed by atoms with Gasteiger partial charge in [0, 0.05) is 29.4 Å². The van der Waals surface area contributed by atoms with E-state index in [2.05, 4.69) is 44.9 Å². The molecule has 5 aromatic rings. The van der Waals surface area contributed by atoms with E-state index in [4.69, 9.17) is 14.7 Å². The number of fused-ring (bicyclic) bond motifs is 5. The molecule has 2 aliphatic heterocycles. The second-order valence-electron chi connectivity index (χ2n) is 18.9. The van der Waals surface area contributed by atoms with Crippen LogP contribution >= 0.6 is 0 Å². The van der Waals surface area contributed by atoms with E-state index in [1.54, 1.807) is 12.1 Å². The fourth-order valence-electron chi connectivity index (χ4n) is 12.2. The Morgan fingerprint density at radius 1 is 0.794 bits per heavy atom. The summed E-state index contributed by atoms with van der Waals surface area (Å²) in [6, 6.07) is 26.3. The van der Waals surface area contributed by atoms with Crippen molar-refractivity contribution in [3.05, 3.63) is 131 Å². The van der Waals surface area contributed by atoms with Crippen LogP contribution in [-0.2, 0) is 30.8 Å². The number of amides is 3. The largest absolute Gasteiger partial charge is 0.465 e. The summed E-state index contributed by atoms with van der Waals surface area (Å²) >= 11 is 0. The lowest BCUT2D eigenvalue weighted by molar-refractivity contribution is -0.135. The summed E-state index contributed by atoms with van der Waals surface area (Å²) in [5, 5.41) is 15.3. The maximum Gasteiger partial charge on any atom is 0.407 e. The van der Waals surface area contributed by atoms with E-state index in [0.717, 1.165) is 99.0 Å². The van der Waals surface area contributed by atoms with Crippen molar-refractivity contribution in [3.8, 4) is 11.3 Å². The van der Waals surface area contributed by atoms with Crippen molar-refractivity contribution in [1.82, 2.24) is 40.4 Å². The molecule has 63 heavy (non-hydrogen) atoms. The molecule has 5 aliphatic carbocycles. The number of rotatable bonds is 12. The number of alkyl carbamates (subject to hydrolysis) is 1. The van der Waals surface area contributed by atoms with Gasteiger partial charge in [-0.2, -0.15) is 0 Å². The fourth-order valence-corrected chi connectivity index (χ4v) is 12.2. The molecule has 0 radical (unpaired) electrons. The minimum atomic E-state index is -1.53. The van der Waals surface area contributed by atoms with Gasteiger partial charge < -0.3 is 30.0 Å². The molecule has 5 saturated carbocycles. The van der Waals surface area contributed by atoms with Gasteiger partial charge in [0.15, 0.2) is 11.9 Å². The molecule has 14 nitrogen and oxygen atoms in total. The number of carbonyl (C=O) groups is 4. The number of hydrogen-bond acceptors (Lipinski definition) is 8. The zero-order chi connectivity index (χ0) is 43.1. The predicted molar refractivity (Wildman–Crippen MR) is 231 cm³/mol. The molecule has 324 valence electrons. The lowest BCUT2D eigenvalue weighted by Gasteiger charge is -2.53. The summed E-state index contributed by atoms with van der Waals surface area (Å²) in [7, 11) is 1.31. The number of benzene rings is 3. The van der Waals surface area contributed by atoms with Crippen LogP contribution in [0.1, 0.15) is 116 Å². The maximum atomic E-state index is 14.3. The normalized spacial score (nSPS) is 30.4. The molecule has 14 heteroatoms. The number of imidazole rings is 2. The number of H-pyrrole nitrogens is 2. The molecule has 2 aromatic heterocycles. The van der Waals surface area contributed by atoms with Crippen LogP contribution in [0.4, 0.5) is 9.59 Å². The van der Waals surface area contributed by atoms with Gasteiger partial charge in [0.1, 0.15) is 17.7 Å². The van der Waals surface area contributed by atoms with Crippen molar-refractivity contribution in [3.63, 3.8) is 0 Å². The van der Waals surface area contributed by atoms with E-state index < -0.39 is 23.9 Å². The minimum Gasteiger partial charge on any atom is -0.465 e. The number of aromatic amines is 2. The summed E-state index contributed by atoms with van der Waals surface area (Å²) in [5.74, 6) is 2.23. The topological polar surface area (TPSA) is 186 Å². The Bertz CT molecular complexity index is 2540. The first-order valence-corrected chi connectivity index (χ1v) is 22.4. The first kappa shape index (κ1) is 39.6. The number of piperidine rings is 2. The Kier molecular flexibility index (Phi) is 9.37. The predicted octanol–water partition coefficient (Wildman–Crippen LogP) is 7.56. The molecule has 5 N–H and O–H groups in total. The second kappa shape index (κ2) is 14.9. The molecule has 0 spiro atoms. The van der Waals surface area contributed by atoms with Crippen molar-refractivity contribution in [2.24, 2.45) is 11.8 Å². The van der Waals surface area contributed by atoms with Gasteiger partial charge in [0.05, 0.1) is 31.1 Å². The Morgan fingerprint density at radius 2 is 1.41 bits per heavy atom. The lowest BCUT2D eigenvalue weighted by Crippen LogP contribution is -2.60. The minimum absolute atomic E-state index is 0.0191. The van der Waals surface area contributed by atoms with E-state index in [1.807, 2.05) is 70.7 Å². The van der Waals surface area contributed by atoms with Gasteiger partial charge in [0.2, 0.25) is 0 Å². The zero-order valence-electron chi connectivity index (χ0n) is 35.2. The van der Waals surface area contributed by atoms with Crippen LogP contribution in [-0.4, -0.2) is 78.4 Å². The van der Waals surface area contributed by atoms with Crippen LogP contribution in [0, 0.1) is 11.8 Å². The van der Waals surface area contributed by atoms with Crippen LogP contribution < -0.4 is 10.6 Å². The van der Waals surface area contributed by atoms with E-state index >= 15 is 0 Å². The summed E-state index contributed by atoms with van der Waals surface area (Å²) in [4.78, 5) is 72.9. The summed E-state index contributed by atoms with van der Waals surface area (Å²) in [5.41, 5.74) is 4.33. The molecule has 2 saturated heterocycles. The van der Waals surface area contributed by atoms with Crippen molar-refractivity contribution in [2.45, 2.75) is 111 Å². The average Bonchev–Trinajstić information content (AvgIpc) is 3.90. The van der Waals surface area contributed by atoms with Crippen LogP contribution in [0.2, 0.25) is 0 Å². The number of likely N-dealkylation sites (tertiary alicyclic amines) is 2. The summed E-state index contributed by atoms with van der Waals surface area (Å²) in [6.07, 6.45) is 12.6. The van der Waals surface area contributed by atoms with Gasteiger partial charge in [-0.3, -0.25) is 19.8 Å². The molecule has 3 amide bonds. The molecule has 2 bridgehead atoms. The van der Waals surface area contributed by atoms with Crippen molar-refractivity contribution in [1.29, 1.82) is 0 Å². The quantitative estimate of drug-likeness (QED) is 0.0791. The Balaban J connectivity index is 0.779. The fraction of sp³-hybridized carbons (Fsp3) is 0.429. The van der Waals surface area contributed by atoms with Gasteiger partial charge in [-0.25, -0.2) is 19.6 Å².